The topological polar surface area (TPSA) is 79.8 Å². The van der Waals surface area contributed by atoms with Gasteiger partial charge in [0.05, 0.1) is 12.2 Å². The smallest absolute Gasteiger partial charge is 0.272 e. The molecule has 2 heterocycles. The molecule has 2 aromatic heterocycles. The number of pyridine rings is 1. The zero-order chi connectivity index (χ0) is 17.6. The van der Waals surface area contributed by atoms with E-state index in [2.05, 4.69) is 25.8 Å². The van der Waals surface area contributed by atoms with E-state index < -0.39 is 17.5 Å². The number of benzene rings is 1. The Kier molecular flexibility index (Phi) is 4.89. The summed E-state index contributed by atoms with van der Waals surface area (Å²) in [5.41, 5.74) is 1.17. The third-order valence-electron chi connectivity index (χ3n) is 3.25. The second kappa shape index (κ2) is 7.43. The molecule has 0 spiro atoms. The van der Waals surface area contributed by atoms with E-state index in [9.17, 15) is 13.6 Å². The van der Waals surface area contributed by atoms with Gasteiger partial charge in [0.1, 0.15) is 0 Å². The molecule has 126 valence electrons. The quantitative estimate of drug-likeness (QED) is 0.746. The molecule has 0 aliphatic rings. The number of halogens is 2. The maximum atomic E-state index is 13.2. The van der Waals surface area contributed by atoms with Gasteiger partial charge in [-0.15, -0.1) is 10.2 Å². The van der Waals surface area contributed by atoms with Crippen molar-refractivity contribution < 1.29 is 13.6 Å². The van der Waals surface area contributed by atoms with E-state index in [-0.39, 0.29) is 12.2 Å². The summed E-state index contributed by atoms with van der Waals surface area (Å²) in [5.74, 6) is -2.00. The molecular weight excluding hydrogens is 328 g/mol. The van der Waals surface area contributed by atoms with Gasteiger partial charge in [-0.25, -0.2) is 8.78 Å². The molecule has 0 saturated carbocycles. The van der Waals surface area contributed by atoms with Gasteiger partial charge in [0.25, 0.3) is 5.91 Å². The SMILES string of the molecule is O=C(NCc1ccccn1)c1ccc(Nc2ccc(F)c(F)c2)nn1. The number of hydrogen-bond donors (Lipinski definition) is 2. The lowest BCUT2D eigenvalue weighted by Crippen LogP contribution is -2.24. The molecule has 3 rings (SSSR count). The summed E-state index contributed by atoms with van der Waals surface area (Å²) in [6.07, 6.45) is 1.64. The Labute approximate surface area is 141 Å². The molecule has 6 nitrogen and oxygen atoms in total. The summed E-state index contributed by atoms with van der Waals surface area (Å²) < 4.78 is 26.1. The molecule has 1 aromatic carbocycles. The molecule has 2 N–H and O–H groups in total. The maximum Gasteiger partial charge on any atom is 0.272 e. The molecule has 1 amide bonds. The maximum absolute atomic E-state index is 13.2. The highest BCUT2D eigenvalue weighted by molar-refractivity contribution is 5.92. The lowest BCUT2D eigenvalue weighted by Gasteiger charge is -2.07. The minimum atomic E-state index is -0.969. The van der Waals surface area contributed by atoms with Crippen LogP contribution in [0.5, 0.6) is 0 Å². The fourth-order valence-electron chi connectivity index (χ4n) is 2.01. The average Bonchev–Trinajstić information content (AvgIpc) is 2.64. The number of carbonyl (C=O) groups excluding carboxylic acids is 1. The van der Waals surface area contributed by atoms with Crippen molar-refractivity contribution >= 4 is 17.4 Å². The van der Waals surface area contributed by atoms with E-state index in [0.717, 1.165) is 17.8 Å². The Hall–Kier alpha value is -3.42. The Balaban J connectivity index is 1.61. The van der Waals surface area contributed by atoms with Crippen LogP contribution in [-0.2, 0) is 6.54 Å². The number of carbonyl (C=O) groups is 1. The van der Waals surface area contributed by atoms with Gasteiger partial charge in [0.15, 0.2) is 23.1 Å². The van der Waals surface area contributed by atoms with Gasteiger partial charge in [-0.1, -0.05) is 6.07 Å². The predicted octanol–water partition coefficient (Wildman–Crippen LogP) is 2.82. The van der Waals surface area contributed by atoms with E-state index in [1.165, 1.54) is 18.2 Å². The minimum Gasteiger partial charge on any atom is -0.345 e. The van der Waals surface area contributed by atoms with Crippen LogP contribution in [0.15, 0.2) is 54.7 Å². The van der Waals surface area contributed by atoms with Gasteiger partial charge < -0.3 is 10.6 Å². The second-order valence-electron chi connectivity index (χ2n) is 5.06. The summed E-state index contributed by atoms with van der Waals surface area (Å²) >= 11 is 0. The van der Waals surface area contributed by atoms with E-state index in [0.29, 0.717) is 11.5 Å². The summed E-state index contributed by atoms with van der Waals surface area (Å²) in [6.45, 7) is 0.274. The zero-order valence-corrected chi connectivity index (χ0v) is 12.9. The van der Waals surface area contributed by atoms with Crippen molar-refractivity contribution in [3.8, 4) is 0 Å². The van der Waals surface area contributed by atoms with E-state index in [4.69, 9.17) is 0 Å². The summed E-state index contributed by atoms with van der Waals surface area (Å²) in [6, 6.07) is 11.8. The molecular formula is C17H13F2N5O. The third-order valence-corrected chi connectivity index (χ3v) is 3.25. The van der Waals surface area contributed by atoms with E-state index >= 15 is 0 Å². The fraction of sp³-hybridized carbons (Fsp3) is 0.0588. The lowest BCUT2D eigenvalue weighted by molar-refractivity contribution is 0.0944. The Bertz CT molecular complexity index is 872. The molecule has 8 heteroatoms. The van der Waals surface area contributed by atoms with Crippen molar-refractivity contribution in [2.45, 2.75) is 6.54 Å². The predicted molar refractivity (Wildman–Crippen MR) is 87.1 cm³/mol. The van der Waals surface area contributed by atoms with E-state index in [1.807, 2.05) is 6.07 Å². The Morgan fingerprint density at radius 1 is 1.00 bits per heavy atom. The largest absolute Gasteiger partial charge is 0.345 e. The minimum absolute atomic E-state index is 0.131. The first kappa shape index (κ1) is 16.4. The number of rotatable bonds is 5. The molecule has 0 radical (unpaired) electrons. The van der Waals surface area contributed by atoms with Crippen molar-refractivity contribution in [1.29, 1.82) is 0 Å². The number of nitrogens with zero attached hydrogens (tertiary/aromatic N) is 3. The number of anilines is 2. The molecule has 0 bridgehead atoms. The fourth-order valence-corrected chi connectivity index (χ4v) is 2.01. The lowest BCUT2D eigenvalue weighted by atomic mass is 10.3. The van der Waals surface area contributed by atoms with Crippen molar-refractivity contribution in [2.75, 3.05) is 5.32 Å². The van der Waals surface area contributed by atoms with Gasteiger partial charge in [-0.05, 0) is 36.4 Å². The molecule has 0 atom stereocenters. The summed E-state index contributed by atoms with van der Waals surface area (Å²) in [4.78, 5) is 16.1. The van der Waals surface area contributed by atoms with Crippen LogP contribution in [0, 0.1) is 11.6 Å². The molecule has 3 aromatic rings. The van der Waals surface area contributed by atoms with Crippen molar-refractivity contribution in [3.05, 3.63) is 77.8 Å². The number of amides is 1. The standard InChI is InChI=1S/C17H13F2N5O/c18-13-5-4-11(9-14(13)19)22-16-7-6-15(23-24-16)17(25)21-10-12-3-1-2-8-20-12/h1-9H,10H2,(H,21,25)(H,22,24). The van der Waals surface area contributed by atoms with Gasteiger partial charge in [0.2, 0.25) is 0 Å². The van der Waals surface area contributed by atoms with Crippen LogP contribution in [-0.4, -0.2) is 21.1 Å². The van der Waals surface area contributed by atoms with Gasteiger partial charge in [-0.3, -0.25) is 9.78 Å². The normalized spacial score (nSPS) is 10.3. The molecule has 0 saturated heterocycles. The zero-order valence-electron chi connectivity index (χ0n) is 12.9. The van der Waals surface area contributed by atoms with E-state index in [1.54, 1.807) is 18.3 Å². The van der Waals surface area contributed by atoms with Gasteiger partial charge in [0, 0.05) is 18.0 Å². The highest BCUT2D eigenvalue weighted by Gasteiger charge is 2.09. The Morgan fingerprint density at radius 2 is 1.88 bits per heavy atom. The summed E-state index contributed by atoms with van der Waals surface area (Å²) in [5, 5.41) is 13.1. The molecule has 0 aliphatic carbocycles. The first-order valence-electron chi connectivity index (χ1n) is 7.36. The molecule has 0 unspecified atom stereocenters. The second-order valence-corrected chi connectivity index (χ2v) is 5.06. The molecule has 0 aliphatic heterocycles. The van der Waals surface area contributed by atoms with Crippen LogP contribution in [0.2, 0.25) is 0 Å². The van der Waals surface area contributed by atoms with Gasteiger partial charge in [-0.2, -0.15) is 0 Å². The van der Waals surface area contributed by atoms with Gasteiger partial charge >= 0.3 is 0 Å². The molecule has 0 fully saturated rings. The van der Waals surface area contributed by atoms with Crippen LogP contribution in [0.4, 0.5) is 20.3 Å². The number of nitrogens with one attached hydrogen (secondary N) is 2. The van der Waals surface area contributed by atoms with Crippen molar-refractivity contribution in [3.63, 3.8) is 0 Å². The van der Waals surface area contributed by atoms with Crippen molar-refractivity contribution in [1.82, 2.24) is 20.5 Å². The average molecular weight is 341 g/mol. The number of hydrogen-bond acceptors (Lipinski definition) is 5. The molecule has 25 heavy (non-hydrogen) atoms. The highest BCUT2D eigenvalue weighted by Crippen LogP contribution is 2.17. The highest BCUT2D eigenvalue weighted by atomic mass is 19.2. The number of aromatic nitrogens is 3. The summed E-state index contributed by atoms with van der Waals surface area (Å²) in [7, 11) is 0. The van der Waals surface area contributed by atoms with Crippen LogP contribution in [0.25, 0.3) is 0 Å². The Morgan fingerprint density at radius 3 is 2.56 bits per heavy atom. The van der Waals surface area contributed by atoms with Crippen molar-refractivity contribution in [2.24, 2.45) is 0 Å². The third kappa shape index (κ3) is 4.31. The van der Waals surface area contributed by atoms with Crippen LogP contribution in [0.1, 0.15) is 16.2 Å². The van der Waals surface area contributed by atoms with Crippen LogP contribution >= 0.6 is 0 Å². The first-order chi connectivity index (χ1) is 12.1. The first-order valence-corrected chi connectivity index (χ1v) is 7.36. The monoisotopic (exact) mass is 341 g/mol. The van der Waals surface area contributed by atoms with Crippen LogP contribution in [0.3, 0.4) is 0 Å². The van der Waals surface area contributed by atoms with Crippen LogP contribution < -0.4 is 10.6 Å².